The van der Waals surface area contributed by atoms with E-state index in [1.165, 1.54) is 6.42 Å². The Morgan fingerprint density at radius 1 is 1.12 bits per heavy atom. The number of likely N-dealkylation sites (tertiary alicyclic amines) is 1. The topological polar surface area (TPSA) is 45.2 Å². The van der Waals surface area contributed by atoms with Gasteiger partial charge in [-0.15, -0.1) is 24.8 Å². The van der Waals surface area contributed by atoms with E-state index >= 15 is 0 Å². The van der Waals surface area contributed by atoms with Gasteiger partial charge in [0.25, 0.3) is 5.91 Å². The molecule has 142 valence electrons. The first-order valence-electron chi connectivity index (χ1n) is 8.72. The summed E-state index contributed by atoms with van der Waals surface area (Å²) in [6, 6.07) is 12.0. The summed E-state index contributed by atoms with van der Waals surface area (Å²) in [6.45, 7) is 2.76. The second-order valence-electron chi connectivity index (χ2n) is 6.46. The van der Waals surface area contributed by atoms with Crippen molar-refractivity contribution in [2.24, 2.45) is 5.92 Å². The minimum atomic E-state index is 0. The lowest BCUT2D eigenvalue weighted by Crippen LogP contribution is -2.39. The second kappa shape index (κ2) is 11.2. The van der Waals surface area contributed by atoms with Crippen molar-refractivity contribution in [1.82, 2.24) is 15.2 Å². The molecular formula is C20H27Cl2N3O. The Morgan fingerprint density at radius 3 is 2.46 bits per heavy atom. The van der Waals surface area contributed by atoms with Gasteiger partial charge in [0.2, 0.25) is 0 Å². The number of hydrogen-bond acceptors (Lipinski definition) is 3. The molecule has 4 nitrogen and oxygen atoms in total. The van der Waals surface area contributed by atoms with Gasteiger partial charge in [0.15, 0.2) is 0 Å². The predicted octanol–water partition coefficient (Wildman–Crippen LogP) is 4.05. The number of nitrogens with zero attached hydrogens (tertiary/aromatic N) is 2. The maximum absolute atomic E-state index is 12.8. The van der Waals surface area contributed by atoms with Gasteiger partial charge < -0.3 is 10.2 Å². The van der Waals surface area contributed by atoms with Gasteiger partial charge in [0, 0.05) is 31.0 Å². The standard InChI is InChI=1S/C20H25N3O.2ClH/c1-21-10-7-16-8-11-23(12-9-16)20(24)19-13-18(14-22-15-19)17-5-3-2-4-6-17;;/h2-6,13-16,21H,7-12H2,1H3;2*1H. The Labute approximate surface area is 168 Å². The van der Waals surface area contributed by atoms with Gasteiger partial charge in [-0.2, -0.15) is 0 Å². The molecule has 1 amide bonds. The first-order chi connectivity index (χ1) is 11.8. The molecule has 1 aliphatic rings. The summed E-state index contributed by atoms with van der Waals surface area (Å²) in [6.07, 6.45) is 6.89. The normalized spacial score (nSPS) is 14.3. The molecule has 0 spiro atoms. The van der Waals surface area contributed by atoms with Crippen molar-refractivity contribution in [3.63, 3.8) is 0 Å². The molecule has 0 radical (unpaired) electrons. The van der Waals surface area contributed by atoms with Crippen LogP contribution in [0.5, 0.6) is 0 Å². The summed E-state index contributed by atoms with van der Waals surface area (Å²) >= 11 is 0. The van der Waals surface area contributed by atoms with Crippen molar-refractivity contribution in [2.45, 2.75) is 19.3 Å². The SMILES string of the molecule is CNCCC1CCN(C(=O)c2cncc(-c3ccccc3)c2)CC1.Cl.Cl. The number of nitrogens with one attached hydrogen (secondary N) is 1. The monoisotopic (exact) mass is 395 g/mol. The smallest absolute Gasteiger partial charge is 0.255 e. The number of carbonyl (C=O) groups excluding carboxylic acids is 1. The van der Waals surface area contributed by atoms with Crippen LogP contribution in [0.3, 0.4) is 0 Å². The van der Waals surface area contributed by atoms with Gasteiger partial charge in [-0.05, 0) is 50.4 Å². The van der Waals surface area contributed by atoms with Crippen molar-refractivity contribution < 1.29 is 4.79 Å². The number of pyridine rings is 1. The van der Waals surface area contributed by atoms with Crippen LogP contribution < -0.4 is 5.32 Å². The lowest BCUT2D eigenvalue weighted by atomic mass is 9.93. The molecule has 6 heteroatoms. The molecule has 0 bridgehead atoms. The molecule has 0 atom stereocenters. The van der Waals surface area contributed by atoms with E-state index < -0.39 is 0 Å². The van der Waals surface area contributed by atoms with E-state index in [1.54, 1.807) is 6.20 Å². The highest BCUT2D eigenvalue weighted by molar-refractivity contribution is 5.95. The van der Waals surface area contributed by atoms with Crippen LogP contribution >= 0.6 is 24.8 Å². The molecule has 2 heterocycles. The minimum absolute atomic E-state index is 0. The number of hydrogen-bond donors (Lipinski definition) is 1. The van der Waals surface area contributed by atoms with E-state index in [1.807, 2.05) is 54.5 Å². The number of amides is 1. The average molecular weight is 396 g/mol. The zero-order chi connectivity index (χ0) is 16.8. The second-order valence-corrected chi connectivity index (χ2v) is 6.46. The molecule has 1 saturated heterocycles. The summed E-state index contributed by atoms with van der Waals surface area (Å²) in [4.78, 5) is 19.0. The Hall–Kier alpha value is -1.62. The Kier molecular flexibility index (Phi) is 9.63. The molecule has 0 aliphatic carbocycles. The van der Waals surface area contributed by atoms with Crippen LogP contribution in [-0.4, -0.2) is 42.5 Å². The van der Waals surface area contributed by atoms with Crippen LogP contribution in [0.4, 0.5) is 0 Å². The van der Waals surface area contributed by atoms with Gasteiger partial charge in [-0.1, -0.05) is 30.3 Å². The molecule has 1 aliphatic heterocycles. The van der Waals surface area contributed by atoms with E-state index in [-0.39, 0.29) is 30.7 Å². The number of aromatic nitrogens is 1. The molecule has 3 rings (SSSR count). The fourth-order valence-electron chi connectivity index (χ4n) is 3.30. The van der Waals surface area contributed by atoms with E-state index in [0.29, 0.717) is 5.56 Å². The molecule has 0 unspecified atom stereocenters. The molecule has 1 aromatic heterocycles. The summed E-state index contributed by atoms with van der Waals surface area (Å²) in [5.74, 6) is 0.836. The zero-order valence-electron chi connectivity index (χ0n) is 15.1. The molecular weight excluding hydrogens is 369 g/mol. The van der Waals surface area contributed by atoms with Gasteiger partial charge in [0.1, 0.15) is 0 Å². The van der Waals surface area contributed by atoms with E-state index in [4.69, 9.17) is 0 Å². The maximum atomic E-state index is 12.8. The Morgan fingerprint density at radius 2 is 1.81 bits per heavy atom. The van der Waals surface area contributed by atoms with E-state index in [2.05, 4.69) is 10.3 Å². The summed E-state index contributed by atoms with van der Waals surface area (Å²) in [7, 11) is 1.99. The zero-order valence-corrected chi connectivity index (χ0v) is 16.7. The van der Waals surface area contributed by atoms with Crippen molar-refractivity contribution in [1.29, 1.82) is 0 Å². The molecule has 1 N–H and O–H groups in total. The van der Waals surface area contributed by atoms with E-state index in [0.717, 1.165) is 49.5 Å². The quantitative estimate of drug-likeness (QED) is 0.829. The summed E-state index contributed by atoms with van der Waals surface area (Å²) < 4.78 is 0. The lowest BCUT2D eigenvalue weighted by Gasteiger charge is -2.32. The third-order valence-corrected chi connectivity index (χ3v) is 4.80. The van der Waals surface area contributed by atoms with Gasteiger partial charge in [-0.3, -0.25) is 9.78 Å². The molecule has 0 saturated carbocycles. The van der Waals surface area contributed by atoms with Crippen LogP contribution in [0.25, 0.3) is 11.1 Å². The Bertz CT molecular complexity index is 674. The highest BCUT2D eigenvalue weighted by Crippen LogP contribution is 2.23. The average Bonchev–Trinajstić information content (AvgIpc) is 2.67. The molecule has 1 fully saturated rings. The third-order valence-electron chi connectivity index (χ3n) is 4.80. The lowest BCUT2D eigenvalue weighted by molar-refractivity contribution is 0.0687. The Balaban J connectivity index is 0.00000169. The summed E-state index contributed by atoms with van der Waals surface area (Å²) in [5, 5.41) is 3.21. The fourth-order valence-corrected chi connectivity index (χ4v) is 3.30. The van der Waals surface area contributed by atoms with Crippen LogP contribution in [0, 0.1) is 5.92 Å². The maximum Gasteiger partial charge on any atom is 0.255 e. The number of piperidine rings is 1. The van der Waals surface area contributed by atoms with Crippen molar-refractivity contribution in [3.05, 3.63) is 54.4 Å². The molecule has 2 aromatic rings. The van der Waals surface area contributed by atoms with Gasteiger partial charge in [-0.25, -0.2) is 0 Å². The van der Waals surface area contributed by atoms with Crippen LogP contribution in [0.1, 0.15) is 29.6 Å². The highest BCUT2D eigenvalue weighted by atomic mass is 35.5. The summed E-state index contributed by atoms with van der Waals surface area (Å²) in [5.41, 5.74) is 2.76. The number of rotatable bonds is 5. The number of carbonyl (C=O) groups is 1. The molecule has 26 heavy (non-hydrogen) atoms. The van der Waals surface area contributed by atoms with Gasteiger partial charge in [0.05, 0.1) is 5.56 Å². The van der Waals surface area contributed by atoms with Crippen LogP contribution in [-0.2, 0) is 0 Å². The largest absolute Gasteiger partial charge is 0.339 e. The van der Waals surface area contributed by atoms with Crippen molar-refractivity contribution in [2.75, 3.05) is 26.7 Å². The highest BCUT2D eigenvalue weighted by Gasteiger charge is 2.23. The number of benzene rings is 1. The predicted molar refractivity (Wildman–Crippen MR) is 111 cm³/mol. The first-order valence-corrected chi connectivity index (χ1v) is 8.72. The third kappa shape index (κ3) is 5.70. The molecule has 1 aromatic carbocycles. The van der Waals surface area contributed by atoms with Gasteiger partial charge >= 0.3 is 0 Å². The minimum Gasteiger partial charge on any atom is -0.339 e. The first kappa shape index (κ1) is 22.4. The van der Waals surface area contributed by atoms with Crippen molar-refractivity contribution >= 4 is 30.7 Å². The van der Waals surface area contributed by atoms with Crippen LogP contribution in [0.15, 0.2) is 48.8 Å². The van der Waals surface area contributed by atoms with E-state index in [9.17, 15) is 4.79 Å². The van der Waals surface area contributed by atoms with Crippen molar-refractivity contribution in [3.8, 4) is 11.1 Å². The van der Waals surface area contributed by atoms with Crippen LogP contribution in [0.2, 0.25) is 0 Å². The fraction of sp³-hybridized carbons (Fsp3) is 0.400. The number of halogens is 2.